The molecule has 0 atom stereocenters. The van der Waals surface area contributed by atoms with Crippen molar-refractivity contribution in [2.75, 3.05) is 0 Å². The number of benzene rings is 1. The van der Waals surface area contributed by atoms with Gasteiger partial charge in [-0.3, -0.25) is 0 Å². The van der Waals surface area contributed by atoms with Gasteiger partial charge in [0.15, 0.2) is 5.16 Å². The fourth-order valence-corrected chi connectivity index (χ4v) is 4.36. The molecular weight excluding hydrogens is 359 g/mol. The number of nitrogens with zero attached hydrogens (tertiary/aromatic N) is 3. The maximum Gasteiger partial charge on any atom is 0.416 e. The largest absolute Gasteiger partial charge is 0.416 e. The van der Waals surface area contributed by atoms with Gasteiger partial charge in [-0.05, 0) is 24.0 Å². The number of rotatable bonds is 6. The Labute approximate surface area is 156 Å². The molecule has 2 aromatic rings. The van der Waals surface area contributed by atoms with E-state index in [9.17, 15) is 13.2 Å². The lowest BCUT2D eigenvalue weighted by Gasteiger charge is -2.20. The molecule has 0 aliphatic heterocycles. The zero-order chi connectivity index (χ0) is 18.6. The van der Waals surface area contributed by atoms with Crippen molar-refractivity contribution >= 4 is 11.8 Å². The Kier molecular flexibility index (Phi) is 6.27. The third kappa shape index (κ3) is 5.02. The first-order valence-electron chi connectivity index (χ1n) is 9.10. The normalized spacial score (nSPS) is 16.2. The second kappa shape index (κ2) is 8.46. The SMILES string of the molecule is Cn1c(CCC2CCCCC2)nnc1SCc1cccc(C(F)(F)F)c1. The number of halogens is 3. The molecule has 3 rings (SSSR count). The number of hydrogen-bond acceptors (Lipinski definition) is 3. The molecule has 1 fully saturated rings. The molecule has 1 aliphatic carbocycles. The molecule has 7 heteroatoms. The van der Waals surface area contributed by atoms with Gasteiger partial charge in [0.25, 0.3) is 0 Å². The minimum Gasteiger partial charge on any atom is -0.309 e. The minimum absolute atomic E-state index is 0.443. The van der Waals surface area contributed by atoms with Crippen molar-refractivity contribution in [1.29, 1.82) is 0 Å². The first kappa shape index (κ1) is 19.3. The number of thioether (sulfide) groups is 1. The smallest absolute Gasteiger partial charge is 0.309 e. The van der Waals surface area contributed by atoms with E-state index in [-0.39, 0.29) is 0 Å². The van der Waals surface area contributed by atoms with Gasteiger partial charge in [0, 0.05) is 19.2 Å². The first-order chi connectivity index (χ1) is 12.4. The topological polar surface area (TPSA) is 30.7 Å². The minimum atomic E-state index is -4.31. The van der Waals surface area contributed by atoms with Crippen LogP contribution in [0.5, 0.6) is 0 Å². The lowest BCUT2D eigenvalue weighted by molar-refractivity contribution is -0.137. The van der Waals surface area contributed by atoms with Gasteiger partial charge < -0.3 is 4.57 Å². The zero-order valence-corrected chi connectivity index (χ0v) is 15.7. The highest BCUT2D eigenvalue weighted by Gasteiger charge is 2.30. The van der Waals surface area contributed by atoms with Crippen LogP contribution in [0.25, 0.3) is 0 Å². The summed E-state index contributed by atoms with van der Waals surface area (Å²) in [6.07, 6.45) is 4.41. The summed E-state index contributed by atoms with van der Waals surface area (Å²) >= 11 is 1.42. The highest BCUT2D eigenvalue weighted by molar-refractivity contribution is 7.98. The summed E-state index contributed by atoms with van der Waals surface area (Å²) in [6, 6.07) is 5.46. The molecule has 1 heterocycles. The van der Waals surface area contributed by atoms with Crippen LogP contribution in [0.2, 0.25) is 0 Å². The summed E-state index contributed by atoms with van der Waals surface area (Å²) in [5.41, 5.74) is 0.0262. The molecule has 0 amide bonds. The summed E-state index contributed by atoms with van der Waals surface area (Å²) in [7, 11) is 1.94. The third-order valence-electron chi connectivity index (χ3n) is 5.05. The van der Waals surface area contributed by atoms with Crippen LogP contribution >= 0.6 is 11.8 Å². The molecule has 0 spiro atoms. The van der Waals surface area contributed by atoms with Gasteiger partial charge in [-0.25, -0.2) is 0 Å². The van der Waals surface area contributed by atoms with Crippen LogP contribution < -0.4 is 0 Å². The predicted octanol–water partition coefficient (Wildman–Crippen LogP) is 5.64. The van der Waals surface area contributed by atoms with Crippen molar-refractivity contribution in [3.8, 4) is 0 Å². The van der Waals surface area contributed by atoms with Gasteiger partial charge >= 0.3 is 6.18 Å². The second-order valence-corrected chi connectivity index (χ2v) is 7.93. The maximum atomic E-state index is 12.8. The molecule has 142 valence electrons. The van der Waals surface area contributed by atoms with Gasteiger partial charge in [-0.1, -0.05) is 62.1 Å². The molecule has 1 aromatic carbocycles. The predicted molar refractivity (Wildman–Crippen MR) is 96.9 cm³/mol. The van der Waals surface area contributed by atoms with Gasteiger partial charge in [0.05, 0.1) is 5.56 Å². The van der Waals surface area contributed by atoms with Gasteiger partial charge in [0.1, 0.15) is 5.82 Å². The van der Waals surface area contributed by atoms with Crippen LogP contribution in [0.1, 0.15) is 55.5 Å². The van der Waals surface area contributed by atoms with Crippen molar-refractivity contribution in [1.82, 2.24) is 14.8 Å². The fraction of sp³-hybridized carbons (Fsp3) is 0.579. The summed E-state index contributed by atoms with van der Waals surface area (Å²) in [6.45, 7) is 0. The van der Waals surface area contributed by atoms with Crippen LogP contribution in [0, 0.1) is 5.92 Å². The lowest BCUT2D eigenvalue weighted by atomic mass is 9.86. The Hall–Kier alpha value is -1.50. The molecule has 0 bridgehead atoms. The third-order valence-corrected chi connectivity index (χ3v) is 6.14. The Morgan fingerprint density at radius 3 is 2.65 bits per heavy atom. The maximum absolute atomic E-state index is 12.8. The van der Waals surface area contributed by atoms with Crippen LogP contribution in [0.3, 0.4) is 0 Å². The van der Waals surface area contributed by atoms with Crippen molar-refractivity contribution in [2.45, 2.75) is 62.0 Å². The van der Waals surface area contributed by atoms with Gasteiger partial charge in [-0.15, -0.1) is 10.2 Å². The molecular formula is C19H24F3N3S. The van der Waals surface area contributed by atoms with E-state index in [0.29, 0.717) is 11.3 Å². The van der Waals surface area contributed by atoms with Crippen molar-refractivity contribution < 1.29 is 13.2 Å². The highest BCUT2D eigenvalue weighted by atomic mass is 32.2. The molecule has 1 saturated carbocycles. The standard InChI is InChI=1S/C19H24F3N3S/c1-25-17(11-10-14-6-3-2-4-7-14)23-24-18(25)26-13-15-8-5-9-16(12-15)19(20,21)22/h5,8-9,12,14H,2-4,6-7,10-11,13H2,1H3. The first-order valence-corrected chi connectivity index (χ1v) is 10.1. The molecule has 0 unspecified atom stereocenters. The second-order valence-electron chi connectivity index (χ2n) is 6.99. The number of alkyl halides is 3. The van der Waals surface area contributed by atoms with Gasteiger partial charge in [0.2, 0.25) is 0 Å². The van der Waals surface area contributed by atoms with Gasteiger partial charge in [-0.2, -0.15) is 13.2 Å². The summed E-state index contributed by atoms with van der Waals surface area (Å²) < 4.78 is 40.4. The summed E-state index contributed by atoms with van der Waals surface area (Å²) in [4.78, 5) is 0. The molecule has 26 heavy (non-hydrogen) atoms. The zero-order valence-electron chi connectivity index (χ0n) is 14.9. The fourth-order valence-electron chi connectivity index (χ4n) is 3.48. The molecule has 3 nitrogen and oxygen atoms in total. The summed E-state index contributed by atoms with van der Waals surface area (Å²) in [5.74, 6) is 2.20. The number of hydrogen-bond donors (Lipinski definition) is 0. The van der Waals surface area contributed by atoms with Crippen molar-refractivity contribution in [3.63, 3.8) is 0 Å². The Bertz CT molecular complexity index is 721. The molecule has 0 radical (unpaired) electrons. The van der Waals surface area contributed by atoms with E-state index in [1.54, 1.807) is 6.07 Å². The molecule has 0 saturated heterocycles. The van der Waals surface area contributed by atoms with Crippen LogP contribution in [-0.2, 0) is 25.4 Å². The van der Waals surface area contributed by atoms with Crippen molar-refractivity contribution in [3.05, 3.63) is 41.2 Å². The van der Waals surface area contributed by atoms with E-state index < -0.39 is 11.7 Å². The number of aromatic nitrogens is 3. The van der Waals surface area contributed by atoms with Crippen LogP contribution in [0.15, 0.2) is 29.4 Å². The van der Waals surface area contributed by atoms with E-state index in [2.05, 4.69) is 10.2 Å². The van der Waals surface area contributed by atoms with E-state index in [1.165, 1.54) is 56.0 Å². The van der Waals surface area contributed by atoms with Crippen LogP contribution in [0.4, 0.5) is 13.2 Å². The van der Waals surface area contributed by atoms with E-state index >= 15 is 0 Å². The average Bonchev–Trinajstić information content (AvgIpc) is 2.98. The molecule has 1 aliphatic rings. The summed E-state index contributed by atoms with van der Waals surface area (Å²) in [5, 5.41) is 9.25. The monoisotopic (exact) mass is 383 g/mol. The lowest BCUT2D eigenvalue weighted by Crippen LogP contribution is -2.09. The van der Waals surface area contributed by atoms with E-state index in [4.69, 9.17) is 0 Å². The Morgan fingerprint density at radius 2 is 1.92 bits per heavy atom. The molecule has 0 N–H and O–H groups in total. The van der Waals surface area contributed by atoms with E-state index in [1.807, 2.05) is 11.6 Å². The highest BCUT2D eigenvalue weighted by Crippen LogP contribution is 2.31. The Balaban J connectivity index is 1.56. The Morgan fingerprint density at radius 1 is 1.15 bits per heavy atom. The molecule has 1 aromatic heterocycles. The number of aryl methyl sites for hydroxylation is 1. The average molecular weight is 383 g/mol. The van der Waals surface area contributed by atoms with E-state index in [0.717, 1.165) is 35.8 Å². The van der Waals surface area contributed by atoms with Crippen molar-refractivity contribution in [2.24, 2.45) is 13.0 Å². The quantitative estimate of drug-likeness (QED) is 0.605. The van der Waals surface area contributed by atoms with Crippen LogP contribution in [-0.4, -0.2) is 14.8 Å².